The fourth-order valence-corrected chi connectivity index (χ4v) is 4.16. The number of anilines is 3. The Bertz CT molecular complexity index is 1340. The number of pyridine rings is 1. The highest BCUT2D eigenvalue weighted by atomic mass is 19.4. The number of rotatable bonds is 10. The van der Waals surface area contributed by atoms with Gasteiger partial charge < -0.3 is 26.4 Å². The summed E-state index contributed by atoms with van der Waals surface area (Å²) in [5.41, 5.74) is 7.30. The monoisotopic (exact) mass is 568 g/mol. The fourth-order valence-electron chi connectivity index (χ4n) is 4.16. The van der Waals surface area contributed by atoms with Gasteiger partial charge in [-0.05, 0) is 41.5 Å². The van der Waals surface area contributed by atoms with E-state index < -0.39 is 23.8 Å². The lowest BCUT2D eigenvalue weighted by Crippen LogP contribution is -2.42. The smallest absolute Gasteiger partial charge is 0.397 e. The summed E-state index contributed by atoms with van der Waals surface area (Å²) in [7, 11) is 0. The van der Waals surface area contributed by atoms with E-state index >= 15 is 0 Å². The largest absolute Gasteiger partial charge is 0.433 e. The van der Waals surface area contributed by atoms with Crippen molar-refractivity contribution in [1.29, 1.82) is 0 Å². The number of nitrogens with one attached hydrogen (secondary N) is 3. The van der Waals surface area contributed by atoms with Crippen molar-refractivity contribution in [2.75, 3.05) is 55.8 Å². The Morgan fingerprint density at radius 2 is 1.76 bits per heavy atom. The molecule has 1 atom stereocenters. The molecule has 0 bridgehead atoms. The van der Waals surface area contributed by atoms with Crippen molar-refractivity contribution >= 4 is 35.0 Å². The van der Waals surface area contributed by atoms with Crippen LogP contribution < -0.4 is 21.7 Å². The molecule has 1 unspecified atom stereocenters. The van der Waals surface area contributed by atoms with Gasteiger partial charge in [0.2, 0.25) is 11.8 Å². The highest BCUT2D eigenvalue weighted by molar-refractivity contribution is 6.03. The van der Waals surface area contributed by atoms with E-state index in [1.807, 2.05) is 0 Å². The van der Waals surface area contributed by atoms with Crippen molar-refractivity contribution in [3.05, 3.63) is 89.8 Å². The molecule has 12 heteroatoms. The van der Waals surface area contributed by atoms with Gasteiger partial charge in [0.1, 0.15) is 11.7 Å². The molecule has 41 heavy (non-hydrogen) atoms. The summed E-state index contributed by atoms with van der Waals surface area (Å²) >= 11 is 0. The van der Waals surface area contributed by atoms with E-state index in [1.165, 1.54) is 12.1 Å². The number of nitrogens with two attached hydrogens (primary N) is 1. The highest BCUT2D eigenvalue weighted by Gasteiger charge is 2.32. The summed E-state index contributed by atoms with van der Waals surface area (Å²) in [6, 6.07) is 15.2. The summed E-state index contributed by atoms with van der Waals surface area (Å²) in [5, 5.41) is 8.62. The molecule has 2 heterocycles. The van der Waals surface area contributed by atoms with Crippen LogP contribution >= 0.6 is 0 Å². The first kappa shape index (κ1) is 29.7. The minimum absolute atomic E-state index is 0.146. The van der Waals surface area contributed by atoms with E-state index in [2.05, 4.69) is 25.8 Å². The molecule has 1 aliphatic heterocycles. The lowest BCUT2D eigenvalue weighted by molar-refractivity contribution is -0.141. The lowest BCUT2D eigenvalue weighted by Gasteiger charge is -2.27. The summed E-state index contributed by atoms with van der Waals surface area (Å²) < 4.78 is 44.0. The number of carbonyl (C=O) groups excluding carboxylic acids is 2. The van der Waals surface area contributed by atoms with Crippen molar-refractivity contribution < 1.29 is 27.5 Å². The first-order chi connectivity index (χ1) is 19.7. The molecular weight excluding hydrogens is 537 g/mol. The second-order valence-corrected chi connectivity index (χ2v) is 9.34. The Morgan fingerprint density at radius 3 is 2.41 bits per heavy atom. The summed E-state index contributed by atoms with van der Waals surface area (Å²) in [6.07, 6.45) is -0.581. The average Bonchev–Trinajstić information content (AvgIpc) is 2.96. The average molecular weight is 569 g/mol. The maximum Gasteiger partial charge on any atom is 0.433 e. The van der Waals surface area contributed by atoms with Crippen molar-refractivity contribution in [2.24, 2.45) is 0 Å². The van der Waals surface area contributed by atoms with Crippen LogP contribution in [-0.4, -0.2) is 61.1 Å². The number of hydrogen-bond donors (Lipinski definition) is 4. The number of alkyl halides is 3. The van der Waals surface area contributed by atoms with Crippen LogP contribution in [0.2, 0.25) is 0 Å². The number of carbonyl (C=O) groups is 2. The van der Waals surface area contributed by atoms with Gasteiger partial charge >= 0.3 is 6.18 Å². The van der Waals surface area contributed by atoms with Crippen LogP contribution in [0, 0.1) is 0 Å². The highest BCUT2D eigenvalue weighted by Crippen LogP contribution is 2.28. The number of nitrogen functional groups attached to an aromatic ring is 1. The lowest BCUT2D eigenvalue weighted by atomic mass is 10.0. The minimum Gasteiger partial charge on any atom is -0.397 e. The molecule has 216 valence electrons. The molecule has 0 aliphatic carbocycles. The maximum atomic E-state index is 13.2. The van der Waals surface area contributed by atoms with Gasteiger partial charge in [0, 0.05) is 32.3 Å². The van der Waals surface area contributed by atoms with Crippen LogP contribution in [0.3, 0.4) is 0 Å². The molecule has 5 N–H and O–H groups in total. The first-order valence-corrected chi connectivity index (χ1v) is 13.0. The van der Waals surface area contributed by atoms with Gasteiger partial charge in [0.25, 0.3) is 0 Å². The van der Waals surface area contributed by atoms with E-state index in [-0.39, 0.29) is 11.6 Å². The number of ether oxygens (including phenoxy) is 1. The van der Waals surface area contributed by atoms with Crippen LogP contribution in [0.1, 0.15) is 22.9 Å². The quantitative estimate of drug-likeness (QED) is 0.216. The van der Waals surface area contributed by atoms with Crippen molar-refractivity contribution in [2.45, 2.75) is 12.2 Å². The van der Waals surface area contributed by atoms with Crippen LogP contribution in [0.5, 0.6) is 0 Å². The Balaban J connectivity index is 1.43. The van der Waals surface area contributed by atoms with Crippen LogP contribution in [0.25, 0.3) is 6.08 Å². The molecule has 9 nitrogen and oxygen atoms in total. The SMILES string of the molecule is Nc1ccccc1NC(=O)/C=C/c1ccc(C(NCCN2CCOCC2)C(=O)Nc2ccc(C(F)(F)F)nc2)cc1. The van der Waals surface area contributed by atoms with Gasteiger partial charge in [0.15, 0.2) is 0 Å². The molecule has 2 aromatic carbocycles. The van der Waals surface area contributed by atoms with Crippen LogP contribution in [0.15, 0.2) is 72.9 Å². The molecule has 0 spiro atoms. The fraction of sp³-hybridized carbons (Fsp3) is 0.276. The molecule has 3 aromatic rings. The number of aromatic nitrogens is 1. The first-order valence-electron chi connectivity index (χ1n) is 13.0. The number of amides is 2. The second kappa shape index (κ2) is 13.9. The van der Waals surface area contributed by atoms with E-state index in [0.717, 1.165) is 30.9 Å². The van der Waals surface area contributed by atoms with Crippen molar-refractivity contribution in [1.82, 2.24) is 15.2 Å². The molecule has 1 aliphatic rings. The zero-order chi connectivity index (χ0) is 29.2. The minimum atomic E-state index is -4.57. The van der Waals surface area contributed by atoms with Crippen molar-refractivity contribution in [3.8, 4) is 0 Å². The standard InChI is InChI=1S/C29H31F3N6O3/c30-29(31,32)25-11-10-22(19-35-25)36-28(40)27(34-13-14-38-15-17-41-18-16-38)21-8-5-20(6-9-21)7-12-26(39)37-24-4-2-1-3-23(24)33/h1-12,19,27,34H,13-18,33H2,(H,36,40)(H,37,39)/b12-7+. The Hall–Kier alpha value is -4.26. The molecule has 1 saturated heterocycles. The number of benzene rings is 2. The number of morpholine rings is 1. The second-order valence-electron chi connectivity index (χ2n) is 9.34. The Kier molecular flexibility index (Phi) is 10.1. The summed E-state index contributed by atoms with van der Waals surface area (Å²) in [6.45, 7) is 4.07. The zero-order valence-corrected chi connectivity index (χ0v) is 22.2. The van der Waals surface area contributed by atoms with E-state index in [9.17, 15) is 22.8 Å². The normalized spacial score (nSPS) is 15.0. The van der Waals surface area contributed by atoms with E-state index in [0.29, 0.717) is 43.2 Å². The zero-order valence-electron chi connectivity index (χ0n) is 22.2. The summed E-state index contributed by atoms with van der Waals surface area (Å²) in [4.78, 5) is 31.2. The number of hydrogen-bond acceptors (Lipinski definition) is 7. The van der Waals surface area contributed by atoms with Gasteiger partial charge in [-0.1, -0.05) is 36.4 Å². The Morgan fingerprint density at radius 1 is 1.02 bits per heavy atom. The number of halogens is 3. The van der Waals surface area contributed by atoms with E-state index in [1.54, 1.807) is 54.6 Å². The summed E-state index contributed by atoms with van der Waals surface area (Å²) in [5.74, 6) is -0.796. The van der Waals surface area contributed by atoms with E-state index in [4.69, 9.17) is 10.5 Å². The molecule has 4 rings (SSSR count). The van der Waals surface area contributed by atoms with Gasteiger partial charge in [-0.3, -0.25) is 14.5 Å². The number of nitrogens with zero attached hydrogens (tertiary/aromatic N) is 2. The molecule has 2 amide bonds. The third-order valence-electron chi connectivity index (χ3n) is 6.38. The number of para-hydroxylation sites is 2. The molecule has 1 fully saturated rings. The Labute approximate surface area is 235 Å². The molecular formula is C29H31F3N6O3. The molecule has 0 saturated carbocycles. The predicted octanol–water partition coefficient (Wildman–Crippen LogP) is 3.94. The maximum absolute atomic E-state index is 13.2. The van der Waals surface area contributed by atoms with Crippen LogP contribution in [0.4, 0.5) is 30.2 Å². The van der Waals surface area contributed by atoms with Gasteiger partial charge in [-0.2, -0.15) is 13.2 Å². The van der Waals surface area contributed by atoms with Gasteiger partial charge in [0.05, 0.1) is 36.5 Å². The molecule has 1 aromatic heterocycles. The van der Waals surface area contributed by atoms with Gasteiger partial charge in [-0.15, -0.1) is 0 Å². The third-order valence-corrected chi connectivity index (χ3v) is 6.38. The predicted molar refractivity (Wildman–Crippen MR) is 151 cm³/mol. The third kappa shape index (κ3) is 8.87. The topological polar surface area (TPSA) is 122 Å². The molecule has 0 radical (unpaired) electrons. The van der Waals surface area contributed by atoms with Crippen molar-refractivity contribution in [3.63, 3.8) is 0 Å². The van der Waals surface area contributed by atoms with Gasteiger partial charge in [-0.25, -0.2) is 4.98 Å². The van der Waals surface area contributed by atoms with Crippen LogP contribution in [-0.2, 0) is 20.5 Å².